The SMILES string of the molecule is Cc1cc2c(cc1C)N(CC(=O)N1CCOCC1)C(C)(C)c1ssc(=S)c1-2. The number of aryl methyl sites for hydroxylation is 2. The first-order valence-electron chi connectivity index (χ1n) is 9.19. The highest BCUT2D eigenvalue weighted by Gasteiger charge is 2.41. The van der Waals surface area contributed by atoms with Crippen molar-refractivity contribution in [1.82, 2.24) is 4.90 Å². The molecule has 3 heterocycles. The molecule has 0 spiro atoms. The van der Waals surface area contributed by atoms with E-state index in [0.29, 0.717) is 32.8 Å². The summed E-state index contributed by atoms with van der Waals surface area (Å²) in [5.41, 5.74) is 5.70. The molecule has 0 unspecified atom stereocenters. The van der Waals surface area contributed by atoms with Crippen molar-refractivity contribution in [3.05, 3.63) is 32.0 Å². The van der Waals surface area contributed by atoms with Crippen LogP contribution in [0.4, 0.5) is 5.69 Å². The summed E-state index contributed by atoms with van der Waals surface area (Å²) < 4.78 is 6.35. The zero-order valence-corrected chi connectivity index (χ0v) is 18.6. The van der Waals surface area contributed by atoms with E-state index in [0.717, 1.165) is 9.51 Å². The average Bonchev–Trinajstić information content (AvgIpc) is 3.04. The van der Waals surface area contributed by atoms with Gasteiger partial charge in [0.2, 0.25) is 5.91 Å². The topological polar surface area (TPSA) is 32.8 Å². The molecule has 0 aliphatic carbocycles. The van der Waals surface area contributed by atoms with E-state index in [1.54, 1.807) is 20.7 Å². The number of carbonyl (C=O) groups is 1. The van der Waals surface area contributed by atoms with Crippen LogP contribution in [-0.4, -0.2) is 43.7 Å². The summed E-state index contributed by atoms with van der Waals surface area (Å²) in [7, 11) is 3.41. The van der Waals surface area contributed by atoms with Crippen molar-refractivity contribution >= 4 is 44.5 Å². The smallest absolute Gasteiger partial charge is 0.242 e. The Bertz CT molecular complexity index is 955. The molecule has 2 aromatic rings. The van der Waals surface area contributed by atoms with Gasteiger partial charge in [-0.3, -0.25) is 4.79 Å². The Balaban J connectivity index is 1.81. The maximum absolute atomic E-state index is 13.0. The number of anilines is 1. The average molecular weight is 421 g/mol. The van der Waals surface area contributed by atoms with Crippen molar-refractivity contribution in [2.24, 2.45) is 0 Å². The van der Waals surface area contributed by atoms with E-state index >= 15 is 0 Å². The summed E-state index contributed by atoms with van der Waals surface area (Å²) in [6.45, 7) is 11.6. The molecule has 1 saturated heterocycles. The lowest BCUT2D eigenvalue weighted by molar-refractivity contribution is -0.134. The van der Waals surface area contributed by atoms with E-state index in [2.05, 4.69) is 44.7 Å². The summed E-state index contributed by atoms with van der Waals surface area (Å²) >= 11 is 5.68. The maximum atomic E-state index is 13.0. The summed E-state index contributed by atoms with van der Waals surface area (Å²) in [6.07, 6.45) is 0. The number of carbonyl (C=O) groups excluding carboxylic acids is 1. The molecular formula is C20H24N2O2S3. The minimum absolute atomic E-state index is 0.165. The molecule has 4 nitrogen and oxygen atoms in total. The van der Waals surface area contributed by atoms with Crippen molar-refractivity contribution in [2.45, 2.75) is 33.2 Å². The molecule has 2 aliphatic heterocycles. The van der Waals surface area contributed by atoms with Crippen molar-refractivity contribution in [1.29, 1.82) is 0 Å². The number of nitrogens with zero attached hydrogens (tertiary/aromatic N) is 2. The van der Waals surface area contributed by atoms with Gasteiger partial charge in [-0.1, -0.05) is 32.9 Å². The molecule has 1 amide bonds. The highest BCUT2D eigenvalue weighted by atomic mass is 32.9. The number of amides is 1. The quantitative estimate of drug-likeness (QED) is 0.519. The highest BCUT2D eigenvalue weighted by Crippen LogP contribution is 2.52. The Morgan fingerprint density at radius 1 is 1.19 bits per heavy atom. The number of rotatable bonds is 2. The van der Waals surface area contributed by atoms with Crippen LogP contribution in [0.2, 0.25) is 0 Å². The first-order valence-corrected chi connectivity index (χ1v) is 11.7. The number of ether oxygens (including phenoxy) is 1. The second-order valence-corrected chi connectivity index (χ2v) is 10.6. The molecule has 144 valence electrons. The van der Waals surface area contributed by atoms with Gasteiger partial charge in [0.1, 0.15) is 3.82 Å². The van der Waals surface area contributed by atoms with Gasteiger partial charge in [-0.15, -0.1) is 0 Å². The fraction of sp³-hybridized carbons (Fsp3) is 0.500. The molecule has 0 radical (unpaired) electrons. The third kappa shape index (κ3) is 3.14. The van der Waals surface area contributed by atoms with E-state index in [4.69, 9.17) is 17.0 Å². The van der Waals surface area contributed by atoms with Crippen LogP contribution in [0.1, 0.15) is 29.9 Å². The number of morpholine rings is 1. The zero-order valence-electron chi connectivity index (χ0n) is 16.1. The van der Waals surface area contributed by atoms with Crippen LogP contribution >= 0.6 is 32.9 Å². The molecule has 1 aromatic heterocycles. The van der Waals surface area contributed by atoms with Crippen molar-refractivity contribution in [2.75, 3.05) is 37.7 Å². The van der Waals surface area contributed by atoms with Gasteiger partial charge in [-0.25, -0.2) is 0 Å². The number of hydrogen-bond donors (Lipinski definition) is 0. The van der Waals surface area contributed by atoms with Crippen LogP contribution in [0.25, 0.3) is 11.1 Å². The van der Waals surface area contributed by atoms with Crippen LogP contribution in [0.3, 0.4) is 0 Å². The Morgan fingerprint density at radius 2 is 1.85 bits per heavy atom. The molecule has 7 heteroatoms. The van der Waals surface area contributed by atoms with Gasteiger partial charge in [-0.2, -0.15) is 0 Å². The summed E-state index contributed by atoms with van der Waals surface area (Å²) in [5.74, 6) is 0.165. The lowest BCUT2D eigenvalue weighted by Gasteiger charge is -2.45. The van der Waals surface area contributed by atoms with Crippen LogP contribution < -0.4 is 4.90 Å². The maximum Gasteiger partial charge on any atom is 0.242 e. The Hall–Kier alpha value is -1.28. The minimum atomic E-state index is -0.274. The molecule has 1 aromatic carbocycles. The molecule has 0 atom stereocenters. The first kappa shape index (κ1) is 19.1. The van der Waals surface area contributed by atoms with Crippen molar-refractivity contribution in [3.8, 4) is 11.1 Å². The Morgan fingerprint density at radius 3 is 2.56 bits per heavy atom. The molecule has 4 rings (SSSR count). The largest absolute Gasteiger partial charge is 0.378 e. The molecule has 1 fully saturated rings. The fourth-order valence-corrected chi connectivity index (χ4v) is 7.17. The third-order valence-corrected chi connectivity index (χ3v) is 9.02. The highest BCUT2D eigenvalue weighted by molar-refractivity contribution is 7.80. The Kier molecular flexibility index (Phi) is 4.91. The van der Waals surface area contributed by atoms with E-state index in [9.17, 15) is 4.79 Å². The van der Waals surface area contributed by atoms with Crippen molar-refractivity contribution in [3.63, 3.8) is 0 Å². The molecule has 0 N–H and O–H groups in total. The molecule has 2 aliphatic rings. The van der Waals surface area contributed by atoms with Crippen LogP contribution in [-0.2, 0) is 15.1 Å². The fourth-order valence-electron chi connectivity index (χ4n) is 3.87. The van der Waals surface area contributed by atoms with Crippen molar-refractivity contribution < 1.29 is 9.53 Å². The van der Waals surface area contributed by atoms with Crippen LogP contribution in [0.5, 0.6) is 0 Å². The number of hydrogen-bond acceptors (Lipinski definition) is 6. The minimum Gasteiger partial charge on any atom is -0.378 e. The van der Waals surface area contributed by atoms with E-state index < -0.39 is 0 Å². The Labute approximate surface area is 172 Å². The molecule has 27 heavy (non-hydrogen) atoms. The summed E-state index contributed by atoms with van der Waals surface area (Å²) in [6, 6.07) is 4.46. The van der Waals surface area contributed by atoms with Crippen LogP contribution in [0.15, 0.2) is 12.1 Å². The first-order chi connectivity index (χ1) is 12.8. The predicted molar refractivity (Wildman–Crippen MR) is 116 cm³/mol. The number of fused-ring (bicyclic) bond motifs is 3. The van der Waals surface area contributed by atoms with E-state index in [1.165, 1.54) is 27.1 Å². The van der Waals surface area contributed by atoms with Gasteiger partial charge in [0.25, 0.3) is 0 Å². The lowest BCUT2D eigenvalue weighted by Crippen LogP contribution is -2.51. The number of benzene rings is 1. The normalized spacial score (nSPS) is 18.2. The molecule has 0 bridgehead atoms. The monoisotopic (exact) mass is 420 g/mol. The molecule has 0 saturated carbocycles. The second kappa shape index (κ2) is 6.95. The van der Waals surface area contributed by atoms with Gasteiger partial charge in [-0.05, 0) is 51.0 Å². The van der Waals surface area contributed by atoms with Gasteiger partial charge in [0.15, 0.2) is 0 Å². The summed E-state index contributed by atoms with van der Waals surface area (Å²) in [5, 5.41) is 0. The lowest BCUT2D eigenvalue weighted by atomic mass is 9.86. The van der Waals surface area contributed by atoms with Gasteiger partial charge < -0.3 is 14.5 Å². The molecular weight excluding hydrogens is 396 g/mol. The predicted octanol–water partition coefficient (Wildman–Crippen LogP) is 4.74. The van der Waals surface area contributed by atoms with Gasteiger partial charge in [0.05, 0.1) is 30.2 Å². The van der Waals surface area contributed by atoms with Gasteiger partial charge in [0, 0.05) is 29.9 Å². The van der Waals surface area contributed by atoms with E-state index in [1.807, 2.05) is 4.90 Å². The summed E-state index contributed by atoms with van der Waals surface area (Å²) in [4.78, 5) is 18.5. The zero-order chi connectivity index (χ0) is 19.3. The standard InChI is InChI=1S/C20H24N2O2S3/c1-12-9-14-15(10-13(12)2)22(11-16(23)21-5-7-24-8-6-21)20(3,4)18-17(14)19(25)27-26-18/h9-10H,5-8,11H2,1-4H3. The second-order valence-electron chi connectivity index (χ2n) is 7.75. The third-order valence-electron chi connectivity index (χ3n) is 5.69. The van der Waals surface area contributed by atoms with Gasteiger partial charge >= 0.3 is 0 Å². The van der Waals surface area contributed by atoms with E-state index in [-0.39, 0.29) is 11.4 Å². The van der Waals surface area contributed by atoms with Crippen LogP contribution in [0, 0.1) is 17.7 Å².